The summed E-state index contributed by atoms with van der Waals surface area (Å²) in [7, 11) is 0. The molecule has 2 nitrogen and oxygen atoms in total. The number of halogens is 1. The number of benzene rings is 2. The van der Waals surface area contributed by atoms with Gasteiger partial charge in [0.25, 0.3) is 0 Å². The van der Waals surface area contributed by atoms with Gasteiger partial charge in [-0.3, -0.25) is 0 Å². The molecular formula is C18H17BrO2. The maximum atomic E-state index is 11.7. The molecule has 0 amide bonds. The van der Waals surface area contributed by atoms with Crippen LogP contribution >= 0.6 is 15.9 Å². The number of carbonyl (C=O) groups excluding carboxylic acids is 1. The van der Waals surface area contributed by atoms with Crippen molar-refractivity contribution in [2.45, 2.75) is 13.3 Å². The Kier molecular flexibility index (Phi) is 5.76. The summed E-state index contributed by atoms with van der Waals surface area (Å²) in [6.45, 7) is 2.44. The molecule has 0 aromatic heterocycles. The van der Waals surface area contributed by atoms with Crippen LogP contribution in [-0.4, -0.2) is 12.6 Å². The molecule has 0 bridgehead atoms. The SMILES string of the molecule is CCCOC(=O)c1ccc(/C=C/c2ccc(Br)cc2)cc1. The van der Waals surface area contributed by atoms with Crippen LogP contribution < -0.4 is 0 Å². The molecule has 0 aliphatic rings. The Labute approximate surface area is 133 Å². The topological polar surface area (TPSA) is 26.3 Å². The molecule has 0 fully saturated rings. The molecule has 0 aliphatic heterocycles. The lowest BCUT2D eigenvalue weighted by atomic mass is 10.1. The molecule has 3 heteroatoms. The van der Waals surface area contributed by atoms with Crippen molar-refractivity contribution in [3.63, 3.8) is 0 Å². The molecule has 2 aromatic rings. The molecular weight excluding hydrogens is 328 g/mol. The fourth-order valence-electron chi connectivity index (χ4n) is 1.77. The third-order valence-electron chi connectivity index (χ3n) is 2.92. The van der Waals surface area contributed by atoms with Crippen LogP contribution in [0.15, 0.2) is 53.0 Å². The van der Waals surface area contributed by atoms with E-state index < -0.39 is 0 Å². The van der Waals surface area contributed by atoms with E-state index >= 15 is 0 Å². The van der Waals surface area contributed by atoms with E-state index in [-0.39, 0.29) is 5.97 Å². The molecule has 21 heavy (non-hydrogen) atoms. The van der Waals surface area contributed by atoms with Gasteiger partial charge in [-0.25, -0.2) is 4.79 Å². The number of esters is 1. The van der Waals surface area contributed by atoms with E-state index in [1.807, 2.05) is 55.5 Å². The number of rotatable bonds is 5. The lowest BCUT2D eigenvalue weighted by Gasteiger charge is -2.03. The molecule has 108 valence electrons. The second kappa shape index (κ2) is 7.79. The van der Waals surface area contributed by atoms with Crippen molar-refractivity contribution in [1.29, 1.82) is 0 Å². The fourth-order valence-corrected chi connectivity index (χ4v) is 2.04. The number of hydrogen-bond donors (Lipinski definition) is 0. The van der Waals surface area contributed by atoms with Crippen LogP contribution in [0, 0.1) is 0 Å². The van der Waals surface area contributed by atoms with Crippen molar-refractivity contribution in [1.82, 2.24) is 0 Å². The van der Waals surface area contributed by atoms with Crippen LogP contribution in [0.5, 0.6) is 0 Å². The van der Waals surface area contributed by atoms with Crippen LogP contribution in [0.4, 0.5) is 0 Å². The van der Waals surface area contributed by atoms with E-state index in [0.717, 1.165) is 22.0 Å². The highest BCUT2D eigenvalue weighted by Gasteiger charge is 2.05. The predicted octanol–water partition coefficient (Wildman–Crippen LogP) is 5.19. The smallest absolute Gasteiger partial charge is 0.338 e. The zero-order chi connectivity index (χ0) is 15.1. The summed E-state index contributed by atoms with van der Waals surface area (Å²) in [6.07, 6.45) is 4.89. The molecule has 0 unspecified atom stereocenters. The van der Waals surface area contributed by atoms with Gasteiger partial charge in [0.2, 0.25) is 0 Å². The summed E-state index contributed by atoms with van der Waals surface area (Å²) in [5.74, 6) is -0.264. The second-order valence-corrected chi connectivity index (χ2v) is 5.56. The first kappa shape index (κ1) is 15.5. The molecule has 0 aliphatic carbocycles. The average molecular weight is 345 g/mol. The largest absolute Gasteiger partial charge is 0.462 e. The van der Waals surface area contributed by atoms with Crippen LogP contribution in [0.25, 0.3) is 12.2 Å². The molecule has 0 radical (unpaired) electrons. The van der Waals surface area contributed by atoms with Crippen LogP contribution in [0.2, 0.25) is 0 Å². The molecule has 0 atom stereocenters. The lowest BCUT2D eigenvalue weighted by Crippen LogP contribution is -2.05. The van der Waals surface area contributed by atoms with E-state index in [0.29, 0.717) is 12.2 Å². The molecule has 0 saturated carbocycles. The van der Waals surface area contributed by atoms with E-state index in [4.69, 9.17) is 4.74 Å². The van der Waals surface area contributed by atoms with Crippen molar-refractivity contribution < 1.29 is 9.53 Å². The highest BCUT2D eigenvalue weighted by atomic mass is 79.9. The molecule has 0 saturated heterocycles. The zero-order valence-corrected chi connectivity index (χ0v) is 13.5. The Morgan fingerprint density at radius 3 is 2.05 bits per heavy atom. The monoisotopic (exact) mass is 344 g/mol. The summed E-state index contributed by atoms with van der Waals surface area (Å²) >= 11 is 3.41. The van der Waals surface area contributed by atoms with Crippen molar-refractivity contribution in [2.75, 3.05) is 6.61 Å². The summed E-state index contributed by atoms with van der Waals surface area (Å²) in [5.41, 5.74) is 2.76. The van der Waals surface area contributed by atoms with Crippen molar-refractivity contribution >= 4 is 34.1 Å². The fraction of sp³-hybridized carbons (Fsp3) is 0.167. The third-order valence-corrected chi connectivity index (χ3v) is 3.45. The lowest BCUT2D eigenvalue weighted by molar-refractivity contribution is 0.0505. The van der Waals surface area contributed by atoms with Crippen molar-refractivity contribution in [3.8, 4) is 0 Å². The van der Waals surface area contributed by atoms with Gasteiger partial charge in [0.15, 0.2) is 0 Å². The molecule has 0 spiro atoms. The average Bonchev–Trinajstić information content (AvgIpc) is 2.52. The summed E-state index contributed by atoms with van der Waals surface area (Å²) in [5, 5.41) is 0. The van der Waals surface area contributed by atoms with Crippen LogP contribution in [0.1, 0.15) is 34.8 Å². The van der Waals surface area contributed by atoms with Gasteiger partial charge in [0.05, 0.1) is 12.2 Å². The van der Waals surface area contributed by atoms with E-state index in [1.54, 1.807) is 12.1 Å². The summed E-state index contributed by atoms with van der Waals surface area (Å²) < 4.78 is 6.16. The standard InChI is InChI=1S/C18H17BrO2/c1-2-13-21-18(20)16-9-5-14(6-10-16)3-4-15-7-11-17(19)12-8-15/h3-12H,2,13H2,1H3/b4-3+. The van der Waals surface area contributed by atoms with E-state index in [2.05, 4.69) is 15.9 Å². The van der Waals surface area contributed by atoms with Gasteiger partial charge in [-0.1, -0.05) is 59.3 Å². The molecule has 0 heterocycles. The number of ether oxygens (including phenoxy) is 1. The van der Waals surface area contributed by atoms with E-state index in [9.17, 15) is 4.79 Å². The van der Waals surface area contributed by atoms with Gasteiger partial charge in [0.1, 0.15) is 0 Å². The Hall–Kier alpha value is -1.87. The third kappa shape index (κ3) is 4.87. The van der Waals surface area contributed by atoms with E-state index in [1.165, 1.54) is 0 Å². The van der Waals surface area contributed by atoms with Gasteiger partial charge in [-0.05, 0) is 41.8 Å². The van der Waals surface area contributed by atoms with Gasteiger partial charge < -0.3 is 4.74 Å². The minimum atomic E-state index is -0.264. The minimum absolute atomic E-state index is 0.264. The summed E-state index contributed by atoms with van der Waals surface area (Å²) in [6, 6.07) is 15.5. The first-order valence-electron chi connectivity index (χ1n) is 6.90. The highest BCUT2D eigenvalue weighted by molar-refractivity contribution is 9.10. The van der Waals surface area contributed by atoms with Gasteiger partial charge in [0, 0.05) is 4.47 Å². The minimum Gasteiger partial charge on any atom is -0.462 e. The van der Waals surface area contributed by atoms with Gasteiger partial charge >= 0.3 is 5.97 Å². The molecule has 2 aromatic carbocycles. The quantitative estimate of drug-likeness (QED) is 0.551. The second-order valence-electron chi connectivity index (χ2n) is 4.64. The molecule has 2 rings (SSSR count). The van der Waals surface area contributed by atoms with Crippen molar-refractivity contribution in [3.05, 3.63) is 69.7 Å². The van der Waals surface area contributed by atoms with Crippen molar-refractivity contribution in [2.24, 2.45) is 0 Å². The predicted molar refractivity (Wildman–Crippen MR) is 90.1 cm³/mol. The summed E-state index contributed by atoms with van der Waals surface area (Å²) in [4.78, 5) is 11.7. The normalized spacial score (nSPS) is 10.8. The maximum Gasteiger partial charge on any atom is 0.338 e. The van der Waals surface area contributed by atoms with Crippen LogP contribution in [-0.2, 0) is 4.74 Å². The van der Waals surface area contributed by atoms with Gasteiger partial charge in [-0.15, -0.1) is 0 Å². The Balaban J connectivity index is 2.02. The molecule has 0 N–H and O–H groups in total. The Morgan fingerprint density at radius 2 is 1.52 bits per heavy atom. The zero-order valence-electron chi connectivity index (χ0n) is 11.9. The first-order chi connectivity index (χ1) is 10.2. The van der Waals surface area contributed by atoms with Gasteiger partial charge in [-0.2, -0.15) is 0 Å². The number of hydrogen-bond acceptors (Lipinski definition) is 2. The highest BCUT2D eigenvalue weighted by Crippen LogP contribution is 2.14. The number of carbonyl (C=O) groups is 1. The first-order valence-corrected chi connectivity index (χ1v) is 7.69. The Bertz CT molecular complexity index is 613. The van der Waals surface area contributed by atoms with Crippen LogP contribution in [0.3, 0.4) is 0 Å². The maximum absolute atomic E-state index is 11.7. The Morgan fingerprint density at radius 1 is 1.00 bits per heavy atom.